The van der Waals surface area contributed by atoms with Crippen LogP contribution in [0.1, 0.15) is 13.8 Å². The van der Waals surface area contributed by atoms with E-state index in [9.17, 15) is 9.18 Å². The summed E-state index contributed by atoms with van der Waals surface area (Å²) in [7, 11) is 0. The highest BCUT2D eigenvalue weighted by molar-refractivity contribution is 9.10. The van der Waals surface area contributed by atoms with Gasteiger partial charge in [0.05, 0.1) is 16.1 Å². The molecule has 0 fully saturated rings. The molecule has 0 aromatic heterocycles. The Hall–Kier alpha value is -0.810. The van der Waals surface area contributed by atoms with Crippen LogP contribution < -0.4 is 4.74 Å². The van der Waals surface area contributed by atoms with E-state index in [1.165, 1.54) is 13.0 Å². The monoisotopic (exact) mass is 324 g/mol. The first kappa shape index (κ1) is 14.3. The van der Waals surface area contributed by atoms with Gasteiger partial charge in [-0.25, -0.2) is 9.18 Å². The summed E-state index contributed by atoms with van der Waals surface area (Å²) in [6, 6.07) is 2.48. The lowest BCUT2D eigenvalue weighted by atomic mass is 10.3. The molecule has 0 aliphatic carbocycles. The highest BCUT2D eigenvalue weighted by atomic mass is 79.9. The van der Waals surface area contributed by atoms with Crippen LogP contribution in [-0.4, -0.2) is 18.7 Å². The molecule has 0 saturated heterocycles. The fraction of sp³-hybridized carbons (Fsp3) is 0.364. The number of hydrogen-bond donors (Lipinski definition) is 0. The van der Waals surface area contributed by atoms with Crippen LogP contribution in [0.3, 0.4) is 0 Å². The Kier molecular flexibility index (Phi) is 5.21. The summed E-state index contributed by atoms with van der Waals surface area (Å²) < 4.78 is 23.7. The van der Waals surface area contributed by atoms with E-state index in [-0.39, 0.29) is 17.4 Å². The molecule has 3 nitrogen and oxygen atoms in total. The van der Waals surface area contributed by atoms with Crippen molar-refractivity contribution >= 4 is 33.5 Å². The molecule has 0 N–H and O–H groups in total. The van der Waals surface area contributed by atoms with Crippen molar-refractivity contribution in [2.24, 2.45) is 0 Å². The standard InChI is InChI=1S/C11H11BrClFO3/c1-3-16-11(15)6(2)17-10-5-9(14)8(13)4-7(10)12/h4-6H,3H2,1-2H3. The summed E-state index contributed by atoms with van der Waals surface area (Å²) in [5.74, 6) is -0.914. The number of hydrogen-bond acceptors (Lipinski definition) is 3. The second-order valence-corrected chi connectivity index (χ2v) is 4.47. The Morgan fingerprint density at radius 1 is 1.59 bits per heavy atom. The maximum Gasteiger partial charge on any atom is 0.347 e. The number of esters is 1. The predicted molar refractivity (Wildman–Crippen MR) is 65.8 cm³/mol. The molecule has 1 unspecified atom stereocenters. The molecule has 0 radical (unpaired) electrons. The van der Waals surface area contributed by atoms with Gasteiger partial charge in [0.1, 0.15) is 11.6 Å². The van der Waals surface area contributed by atoms with Crippen molar-refractivity contribution in [3.05, 3.63) is 27.4 Å². The quantitative estimate of drug-likeness (QED) is 0.627. The maximum atomic E-state index is 13.2. The van der Waals surface area contributed by atoms with E-state index in [4.69, 9.17) is 21.1 Å². The minimum absolute atomic E-state index is 0.0204. The SMILES string of the molecule is CCOC(=O)C(C)Oc1cc(F)c(Cl)cc1Br. The van der Waals surface area contributed by atoms with Crippen molar-refractivity contribution in [2.45, 2.75) is 20.0 Å². The summed E-state index contributed by atoms with van der Waals surface area (Å²) in [6.07, 6.45) is -0.813. The van der Waals surface area contributed by atoms with Crippen LogP contribution >= 0.6 is 27.5 Å². The number of benzene rings is 1. The van der Waals surface area contributed by atoms with Crippen LogP contribution in [0.2, 0.25) is 5.02 Å². The molecule has 0 spiro atoms. The molecular weight excluding hydrogens is 314 g/mol. The van der Waals surface area contributed by atoms with Gasteiger partial charge in [0.25, 0.3) is 0 Å². The van der Waals surface area contributed by atoms with Crippen LogP contribution in [0.5, 0.6) is 5.75 Å². The Morgan fingerprint density at radius 2 is 2.24 bits per heavy atom. The Bertz CT molecular complexity index is 425. The third-order valence-electron chi connectivity index (χ3n) is 1.90. The molecule has 0 bridgehead atoms. The smallest absolute Gasteiger partial charge is 0.347 e. The van der Waals surface area contributed by atoms with E-state index >= 15 is 0 Å². The average Bonchev–Trinajstić information content (AvgIpc) is 2.26. The molecule has 0 aliphatic rings. The van der Waals surface area contributed by atoms with Gasteiger partial charge >= 0.3 is 5.97 Å². The summed E-state index contributed by atoms with van der Waals surface area (Å²) >= 11 is 8.75. The lowest BCUT2D eigenvalue weighted by molar-refractivity contribution is -0.150. The highest BCUT2D eigenvalue weighted by Gasteiger charge is 2.18. The Morgan fingerprint density at radius 3 is 2.82 bits per heavy atom. The average molecular weight is 326 g/mol. The van der Waals surface area contributed by atoms with Crippen molar-refractivity contribution in [2.75, 3.05) is 6.61 Å². The minimum atomic E-state index is -0.813. The zero-order valence-electron chi connectivity index (χ0n) is 9.30. The van der Waals surface area contributed by atoms with Crippen LogP contribution in [0.4, 0.5) is 4.39 Å². The van der Waals surface area contributed by atoms with E-state index in [2.05, 4.69) is 15.9 Å². The van der Waals surface area contributed by atoms with Crippen LogP contribution in [0, 0.1) is 5.82 Å². The lowest BCUT2D eigenvalue weighted by Crippen LogP contribution is -2.26. The maximum absolute atomic E-state index is 13.2. The molecule has 17 heavy (non-hydrogen) atoms. The summed E-state index contributed by atoms with van der Waals surface area (Å²) in [5, 5.41) is -0.0204. The van der Waals surface area contributed by atoms with Crippen LogP contribution in [-0.2, 0) is 9.53 Å². The van der Waals surface area contributed by atoms with E-state index < -0.39 is 17.9 Å². The fourth-order valence-corrected chi connectivity index (χ4v) is 1.83. The largest absolute Gasteiger partial charge is 0.478 e. The normalized spacial score (nSPS) is 12.1. The second kappa shape index (κ2) is 6.21. The minimum Gasteiger partial charge on any atom is -0.478 e. The molecule has 1 aromatic rings. The predicted octanol–water partition coefficient (Wildman–Crippen LogP) is 3.57. The molecule has 94 valence electrons. The van der Waals surface area contributed by atoms with Gasteiger partial charge in [-0.15, -0.1) is 0 Å². The number of carbonyl (C=O) groups is 1. The molecular formula is C11H11BrClFO3. The van der Waals surface area contributed by atoms with Crippen molar-refractivity contribution in [3.8, 4) is 5.75 Å². The third-order valence-corrected chi connectivity index (χ3v) is 2.81. The van der Waals surface area contributed by atoms with Gasteiger partial charge in [-0.2, -0.15) is 0 Å². The summed E-state index contributed by atoms with van der Waals surface area (Å²) in [4.78, 5) is 11.3. The summed E-state index contributed by atoms with van der Waals surface area (Å²) in [6.45, 7) is 3.49. The zero-order valence-corrected chi connectivity index (χ0v) is 11.6. The lowest BCUT2D eigenvalue weighted by Gasteiger charge is -2.14. The zero-order chi connectivity index (χ0) is 13.0. The first-order chi connectivity index (χ1) is 7.95. The number of carbonyl (C=O) groups excluding carboxylic acids is 1. The molecule has 1 atom stereocenters. The van der Waals surface area contributed by atoms with Gasteiger partial charge < -0.3 is 9.47 Å². The molecule has 6 heteroatoms. The van der Waals surface area contributed by atoms with Crippen molar-refractivity contribution in [1.82, 2.24) is 0 Å². The number of ether oxygens (including phenoxy) is 2. The van der Waals surface area contributed by atoms with Crippen molar-refractivity contribution < 1.29 is 18.7 Å². The first-order valence-electron chi connectivity index (χ1n) is 4.93. The topological polar surface area (TPSA) is 35.5 Å². The number of halogens is 3. The van der Waals surface area contributed by atoms with Gasteiger partial charge in [0.15, 0.2) is 6.10 Å². The van der Waals surface area contributed by atoms with Gasteiger partial charge in [-0.3, -0.25) is 0 Å². The molecule has 1 rings (SSSR count). The highest BCUT2D eigenvalue weighted by Crippen LogP contribution is 2.31. The van der Waals surface area contributed by atoms with Crippen LogP contribution in [0.15, 0.2) is 16.6 Å². The van der Waals surface area contributed by atoms with Gasteiger partial charge in [-0.1, -0.05) is 11.6 Å². The second-order valence-electron chi connectivity index (χ2n) is 3.21. The van der Waals surface area contributed by atoms with Crippen molar-refractivity contribution in [3.63, 3.8) is 0 Å². The fourth-order valence-electron chi connectivity index (χ4n) is 1.09. The van der Waals surface area contributed by atoms with Crippen molar-refractivity contribution in [1.29, 1.82) is 0 Å². The van der Waals surface area contributed by atoms with E-state index in [1.807, 2.05) is 0 Å². The third kappa shape index (κ3) is 3.85. The number of rotatable bonds is 4. The first-order valence-corrected chi connectivity index (χ1v) is 6.10. The summed E-state index contributed by atoms with van der Waals surface area (Å²) in [5.41, 5.74) is 0. The van der Waals surface area contributed by atoms with E-state index in [1.54, 1.807) is 6.92 Å². The molecule has 0 amide bonds. The van der Waals surface area contributed by atoms with E-state index in [0.717, 1.165) is 6.07 Å². The Labute approximate surface area is 112 Å². The molecule has 0 saturated carbocycles. The van der Waals surface area contributed by atoms with Gasteiger partial charge in [-0.05, 0) is 35.8 Å². The molecule has 0 heterocycles. The van der Waals surface area contributed by atoms with Crippen LogP contribution in [0.25, 0.3) is 0 Å². The Balaban J connectivity index is 2.81. The molecule has 1 aromatic carbocycles. The van der Waals surface area contributed by atoms with Gasteiger partial charge in [0.2, 0.25) is 0 Å². The molecule has 0 aliphatic heterocycles. The van der Waals surface area contributed by atoms with Gasteiger partial charge in [0, 0.05) is 6.07 Å². The van der Waals surface area contributed by atoms with E-state index in [0.29, 0.717) is 4.47 Å².